The van der Waals surface area contributed by atoms with E-state index in [1.165, 1.54) is 6.92 Å². The Labute approximate surface area is 119 Å². The lowest BCUT2D eigenvalue weighted by molar-refractivity contribution is 0.00578. The van der Waals surface area contributed by atoms with Crippen molar-refractivity contribution in [3.05, 3.63) is 17.8 Å². The molecule has 0 saturated carbocycles. The van der Waals surface area contributed by atoms with E-state index in [9.17, 15) is 4.39 Å². The van der Waals surface area contributed by atoms with Crippen molar-refractivity contribution in [2.45, 2.75) is 59.1 Å². The molecule has 20 heavy (non-hydrogen) atoms. The van der Waals surface area contributed by atoms with Gasteiger partial charge in [-0.05, 0) is 46.2 Å². The summed E-state index contributed by atoms with van der Waals surface area (Å²) in [6.45, 7) is 11.1. The molecule has 2 rings (SSSR count). The molecule has 0 N–H and O–H groups in total. The minimum Gasteiger partial charge on any atom is -0.444 e. The highest BCUT2D eigenvalue weighted by molar-refractivity contribution is 6.63. The summed E-state index contributed by atoms with van der Waals surface area (Å²) in [4.78, 5) is 4.10. The predicted octanol–water partition coefficient (Wildman–Crippen LogP) is 2.38. The molecule has 0 spiro atoms. The number of rotatable bonds is 3. The largest absolute Gasteiger partial charge is 0.500 e. The molecule has 0 aliphatic carbocycles. The van der Waals surface area contributed by atoms with Gasteiger partial charge in [-0.15, -0.1) is 0 Å². The third-order valence-electron chi connectivity index (χ3n) is 3.93. The van der Waals surface area contributed by atoms with Crippen molar-refractivity contribution in [1.29, 1.82) is 0 Å². The number of nitrogens with zero attached hydrogens (tertiary/aromatic N) is 1. The fourth-order valence-electron chi connectivity index (χ4n) is 2.04. The maximum Gasteiger partial charge on any atom is 0.500 e. The summed E-state index contributed by atoms with van der Waals surface area (Å²) in [6, 6.07) is 1.83. The fourth-order valence-corrected chi connectivity index (χ4v) is 2.04. The number of halogens is 1. The third-order valence-corrected chi connectivity index (χ3v) is 3.93. The first-order chi connectivity index (χ1) is 9.14. The molecule has 4 nitrogen and oxygen atoms in total. The maximum absolute atomic E-state index is 13.1. The lowest BCUT2D eigenvalue weighted by Crippen LogP contribution is -2.41. The highest BCUT2D eigenvalue weighted by atomic mass is 19.1. The highest BCUT2D eigenvalue weighted by Crippen LogP contribution is 2.37. The van der Waals surface area contributed by atoms with Gasteiger partial charge >= 0.3 is 7.12 Å². The average Bonchev–Trinajstić information content (AvgIpc) is 2.46. The van der Waals surface area contributed by atoms with Gasteiger partial charge in [0.05, 0.1) is 11.2 Å². The van der Waals surface area contributed by atoms with Crippen LogP contribution >= 0.6 is 0 Å². The normalized spacial score (nSPS) is 21.9. The van der Waals surface area contributed by atoms with Crippen LogP contribution in [0.25, 0.3) is 0 Å². The Morgan fingerprint density at radius 1 is 1.25 bits per heavy atom. The minimum atomic E-state index is -1.44. The van der Waals surface area contributed by atoms with Gasteiger partial charge in [-0.25, -0.2) is 9.37 Å². The second-order valence-corrected chi connectivity index (χ2v) is 6.10. The van der Waals surface area contributed by atoms with E-state index in [-0.39, 0.29) is 5.88 Å². The van der Waals surface area contributed by atoms with Crippen LogP contribution in [-0.2, 0) is 9.31 Å². The van der Waals surface area contributed by atoms with E-state index >= 15 is 0 Å². The zero-order valence-electron chi connectivity index (χ0n) is 12.9. The van der Waals surface area contributed by atoms with E-state index in [0.717, 1.165) is 5.56 Å². The van der Waals surface area contributed by atoms with Crippen molar-refractivity contribution in [2.75, 3.05) is 0 Å². The molecule has 0 radical (unpaired) electrons. The number of ether oxygens (including phenoxy) is 1. The molecule has 110 valence electrons. The van der Waals surface area contributed by atoms with Crippen LogP contribution in [0.3, 0.4) is 0 Å². The molecule has 1 fully saturated rings. The molecule has 1 aliphatic heterocycles. The van der Waals surface area contributed by atoms with Crippen molar-refractivity contribution in [3.63, 3.8) is 0 Å². The fraction of sp³-hybridized carbons (Fsp3) is 0.643. The van der Waals surface area contributed by atoms with E-state index < -0.39 is 24.7 Å². The van der Waals surface area contributed by atoms with Crippen LogP contribution in [0, 0.1) is 6.92 Å². The van der Waals surface area contributed by atoms with E-state index in [2.05, 4.69) is 4.98 Å². The smallest absolute Gasteiger partial charge is 0.444 e. The monoisotopic (exact) mass is 281 g/mol. The van der Waals surface area contributed by atoms with Gasteiger partial charge in [-0.1, -0.05) is 0 Å². The number of hydrogen-bond donors (Lipinski definition) is 0. The van der Waals surface area contributed by atoms with Crippen LogP contribution in [0.15, 0.2) is 12.3 Å². The minimum absolute atomic E-state index is 0.221. The second-order valence-electron chi connectivity index (χ2n) is 6.10. The molecule has 1 aromatic rings. The summed E-state index contributed by atoms with van der Waals surface area (Å²) in [5.41, 5.74) is 0.627. The van der Waals surface area contributed by atoms with Gasteiger partial charge in [0, 0.05) is 18.6 Å². The predicted molar refractivity (Wildman–Crippen MR) is 75.9 cm³/mol. The topological polar surface area (TPSA) is 40.6 Å². The van der Waals surface area contributed by atoms with Crippen molar-refractivity contribution in [3.8, 4) is 5.88 Å². The van der Waals surface area contributed by atoms with Gasteiger partial charge in [-0.3, -0.25) is 0 Å². The SMILES string of the molecule is Cc1ccnc(OC(C)F)c1B1OC(C)(C)C(C)(C)O1. The summed E-state index contributed by atoms with van der Waals surface area (Å²) < 4.78 is 30.3. The Kier molecular flexibility index (Phi) is 3.82. The van der Waals surface area contributed by atoms with Crippen LogP contribution in [0.1, 0.15) is 40.2 Å². The first-order valence-corrected chi connectivity index (χ1v) is 6.76. The van der Waals surface area contributed by atoms with Gasteiger partial charge in [0.1, 0.15) is 0 Å². The summed E-state index contributed by atoms with van der Waals surface area (Å²) in [5.74, 6) is 0.221. The molecule has 0 aromatic carbocycles. The molecule has 1 atom stereocenters. The molecule has 1 aliphatic rings. The summed E-state index contributed by atoms with van der Waals surface area (Å²) in [6.07, 6.45) is 0.146. The molecule has 1 aromatic heterocycles. The Hall–Kier alpha value is -1.14. The summed E-state index contributed by atoms with van der Waals surface area (Å²) in [7, 11) is -0.609. The van der Waals surface area contributed by atoms with Gasteiger partial charge in [0.25, 0.3) is 0 Å². The molecular formula is C14H21BFNO3. The van der Waals surface area contributed by atoms with E-state index in [0.29, 0.717) is 5.46 Å². The van der Waals surface area contributed by atoms with Gasteiger partial charge in [0.2, 0.25) is 12.2 Å². The number of alkyl halides is 1. The zero-order chi connectivity index (χ0) is 15.1. The Morgan fingerprint density at radius 2 is 1.80 bits per heavy atom. The second kappa shape index (κ2) is 5.00. The van der Waals surface area contributed by atoms with Crippen molar-refractivity contribution < 1.29 is 18.4 Å². The van der Waals surface area contributed by atoms with Crippen molar-refractivity contribution >= 4 is 12.6 Å². The first kappa shape index (κ1) is 15.3. The molecule has 1 saturated heterocycles. The maximum atomic E-state index is 13.1. The molecule has 6 heteroatoms. The van der Waals surface area contributed by atoms with Crippen molar-refractivity contribution in [1.82, 2.24) is 4.98 Å². The third kappa shape index (κ3) is 2.67. The molecular weight excluding hydrogens is 260 g/mol. The number of aromatic nitrogens is 1. The van der Waals surface area contributed by atoms with E-state index in [1.807, 2.05) is 40.7 Å². The molecule has 0 amide bonds. The van der Waals surface area contributed by atoms with Crippen molar-refractivity contribution in [2.24, 2.45) is 0 Å². The van der Waals surface area contributed by atoms with E-state index in [4.69, 9.17) is 14.0 Å². The highest BCUT2D eigenvalue weighted by Gasteiger charge is 2.53. The quantitative estimate of drug-likeness (QED) is 0.798. The van der Waals surface area contributed by atoms with Crippen LogP contribution in [0.5, 0.6) is 5.88 Å². The van der Waals surface area contributed by atoms with Gasteiger partial charge in [0.15, 0.2) is 0 Å². The van der Waals surface area contributed by atoms with Gasteiger partial charge < -0.3 is 14.0 Å². The Balaban J connectivity index is 2.39. The summed E-state index contributed by atoms with van der Waals surface area (Å²) >= 11 is 0. The first-order valence-electron chi connectivity index (χ1n) is 6.76. The number of aryl methyl sites for hydroxylation is 1. The summed E-state index contributed by atoms with van der Waals surface area (Å²) in [5, 5.41) is 0. The Morgan fingerprint density at radius 3 is 2.30 bits per heavy atom. The van der Waals surface area contributed by atoms with E-state index in [1.54, 1.807) is 6.20 Å². The lowest BCUT2D eigenvalue weighted by atomic mass is 9.77. The Bertz CT molecular complexity index is 489. The van der Waals surface area contributed by atoms with Crippen LogP contribution in [0.2, 0.25) is 0 Å². The average molecular weight is 281 g/mol. The van der Waals surface area contributed by atoms with Gasteiger partial charge in [-0.2, -0.15) is 0 Å². The van der Waals surface area contributed by atoms with Crippen LogP contribution < -0.4 is 10.2 Å². The zero-order valence-corrected chi connectivity index (χ0v) is 12.9. The van der Waals surface area contributed by atoms with Crippen LogP contribution in [0.4, 0.5) is 4.39 Å². The number of pyridine rings is 1. The lowest BCUT2D eigenvalue weighted by Gasteiger charge is -2.32. The molecule has 0 bridgehead atoms. The standard InChI is InChI=1S/C14H21BFNO3/c1-9-7-8-17-12(18-10(2)16)11(9)15-19-13(3,4)14(5,6)20-15/h7-8,10H,1-6H3. The molecule has 1 unspecified atom stereocenters. The van der Waals surface area contributed by atoms with Crippen LogP contribution in [-0.4, -0.2) is 29.7 Å². The molecule has 2 heterocycles. The number of hydrogen-bond acceptors (Lipinski definition) is 4.